The molecule has 3 aromatic heterocycles. The van der Waals surface area contributed by atoms with Crippen molar-refractivity contribution in [2.45, 2.75) is 24.5 Å². The number of phosphoric acid groups is 3. The molecule has 0 saturated carbocycles. The van der Waals surface area contributed by atoms with Crippen LogP contribution in [-0.4, -0.2) is 69.2 Å². The fourth-order valence-electron chi connectivity index (χ4n) is 3.51. The van der Waals surface area contributed by atoms with Gasteiger partial charge in [-0.2, -0.15) is 20.0 Å². The van der Waals surface area contributed by atoms with E-state index >= 15 is 0 Å². The summed E-state index contributed by atoms with van der Waals surface area (Å²) in [5, 5.41) is 25.2. The SMILES string of the molecule is Nc1ncnc2c1c(-c1ccsc1)cn2[C@@H]1O[C@H](COP(=O)(O)OP(=O)(O)OP(=O)(O)O)C(O)[C@@H]1O. The average Bonchev–Trinajstić information content (AvgIpc) is 3.44. The van der Waals surface area contributed by atoms with Crippen molar-refractivity contribution in [1.82, 2.24) is 14.5 Å². The first-order valence-electron chi connectivity index (χ1n) is 9.61. The second-order valence-corrected chi connectivity index (χ2v) is 12.6. The lowest BCUT2D eigenvalue weighted by Gasteiger charge is -2.19. The number of hydrogen-bond donors (Lipinski definition) is 7. The molecule has 1 fully saturated rings. The molecule has 4 rings (SSSR count). The third kappa shape index (κ3) is 5.93. The Morgan fingerprint density at radius 1 is 1.08 bits per heavy atom. The van der Waals surface area contributed by atoms with Crippen LogP contribution in [0.4, 0.5) is 5.82 Å². The number of aromatic nitrogens is 3. The molecule has 0 aliphatic carbocycles. The van der Waals surface area contributed by atoms with Crippen molar-refractivity contribution >= 4 is 51.7 Å². The third-order valence-electron chi connectivity index (χ3n) is 4.90. The van der Waals surface area contributed by atoms with E-state index in [1.165, 1.54) is 22.2 Å². The fourth-order valence-corrected chi connectivity index (χ4v) is 7.19. The van der Waals surface area contributed by atoms with Gasteiger partial charge < -0.3 is 44.8 Å². The van der Waals surface area contributed by atoms with Gasteiger partial charge in [0.25, 0.3) is 0 Å². The molecule has 0 bridgehead atoms. The average molecular weight is 588 g/mol. The van der Waals surface area contributed by atoms with E-state index in [0.29, 0.717) is 10.9 Å². The molecular formula is C15H19N4O13P3S. The van der Waals surface area contributed by atoms with E-state index in [9.17, 15) is 33.7 Å². The van der Waals surface area contributed by atoms with Crippen molar-refractivity contribution in [3.63, 3.8) is 0 Å². The van der Waals surface area contributed by atoms with Gasteiger partial charge in [-0.25, -0.2) is 23.7 Å². The summed E-state index contributed by atoms with van der Waals surface area (Å²) < 4.78 is 52.9. The van der Waals surface area contributed by atoms with Gasteiger partial charge in [-0.15, -0.1) is 0 Å². The highest BCUT2D eigenvalue weighted by Gasteiger charge is 2.47. The van der Waals surface area contributed by atoms with Crippen molar-refractivity contribution in [3.8, 4) is 11.1 Å². The third-order valence-corrected chi connectivity index (χ3v) is 9.39. The van der Waals surface area contributed by atoms with E-state index < -0.39 is 54.6 Å². The van der Waals surface area contributed by atoms with Crippen LogP contribution in [-0.2, 0) is 31.6 Å². The minimum atomic E-state index is -5.72. The zero-order valence-electron chi connectivity index (χ0n) is 17.6. The summed E-state index contributed by atoms with van der Waals surface area (Å²) in [7, 11) is -16.7. The number of fused-ring (bicyclic) bond motifs is 1. The van der Waals surface area contributed by atoms with Gasteiger partial charge in [0.1, 0.15) is 36.1 Å². The Morgan fingerprint density at radius 3 is 2.44 bits per heavy atom. The van der Waals surface area contributed by atoms with Gasteiger partial charge in [0.15, 0.2) is 6.23 Å². The van der Waals surface area contributed by atoms with Crippen LogP contribution in [0.15, 0.2) is 29.4 Å². The number of aliphatic hydroxyl groups is 2. The number of hydrogen-bond acceptors (Lipinski definition) is 13. The van der Waals surface area contributed by atoms with Crippen LogP contribution in [0.2, 0.25) is 0 Å². The molecule has 21 heteroatoms. The van der Waals surface area contributed by atoms with Crippen molar-refractivity contribution in [2.75, 3.05) is 12.3 Å². The molecule has 1 aliphatic heterocycles. The quantitative estimate of drug-likeness (QED) is 0.170. The second-order valence-electron chi connectivity index (χ2n) is 7.35. The van der Waals surface area contributed by atoms with Gasteiger partial charge in [0.2, 0.25) is 0 Å². The number of anilines is 1. The minimum absolute atomic E-state index is 0.150. The number of phosphoric ester groups is 1. The van der Waals surface area contributed by atoms with Crippen LogP contribution < -0.4 is 5.73 Å². The Balaban J connectivity index is 1.54. The number of aliphatic hydroxyl groups excluding tert-OH is 2. The molecule has 36 heavy (non-hydrogen) atoms. The molecule has 17 nitrogen and oxygen atoms in total. The van der Waals surface area contributed by atoms with Gasteiger partial charge in [0.05, 0.1) is 12.0 Å². The van der Waals surface area contributed by atoms with E-state index in [4.69, 9.17) is 20.3 Å². The monoisotopic (exact) mass is 588 g/mol. The van der Waals surface area contributed by atoms with E-state index in [0.717, 1.165) is 5.56 Å². The standard InChI is InChI=1S/C15H19N4O13P3S/c16-13-10-8(7-1-2-36-5-7)3-19(14(10)18-6-17-13)15-12(21)11(20)9(30-15)4-29-34(25,26)32-35(27,28)31-33(22,23)24/h1-3,5-6,9,11-12,15,20-21H,4H2,(H,25,26)(H,27,28)(H2,16,17,18)(H2,22,23,24)/t9-,11?,12+,15-/m1/s1. The molecule has 4 heterocycles. The summed E-state index contributed by atoms with van der Waals surface area (Å²) in [5.74, 6) is 0.150. The second kappa shape index (κ2) is 9.94. The topological polar surface area (TPSA) is 266 Å². The number of ether oxygens (including phenoxy) is 1. The van der Waals surface area contributed by atoms with Crippen molar-refractivity contribution < 1.29 is 61.4 Å². The maximum Gasteiger partial charge on any atom is 0.490 e. The molecular weight excluding hydrogens is 569 g/mol. The normalized spacial score (nSPS) is 26.2. The number of nitrogen functional groups attached to an aromatic ring is 1. The number of rotatable bonds is 9. The van der Waals surface area contributed by atoms with Gasteiger partial charge in [-0.1, -0.05) is 0 Å². The molecule has 1 aliphatic rings. The molecule has 0 spiro atoms. The van der Waals surface area contributed by atoms with Gasteiger partial charge >= 0.3 is 23.5 Å². The lowest BCUT2D eigenvalue weighted by molar-refractivity contribution is -0.0500. The summed E-state index contributed by atoms with van der Waals surface area (Å²) in [6.45, 7) is -0.952. The van der Waals surface area contributed by atoms with Crippen LogP contribution in [0, 0.1) is 0 Å². The van der Waals surface area contributed by atoms with Gasteiger partial charge in [-0.05, 0) is 22.4 Å². The zero-order chi connectivity index (χ0) is 26.5. The molecule has 198 valence electrons. The molecule has 6 atom stereocenters. The predicted octanol–water partition coefficient (Wildman–Crippen LogP) is 0.704. The Bertz CT molecular complexity index is 1390. The van der Waals surface area contributed by atoms with E-state index in [1.54, 1.807) is 6.20 Å². The maximum atomic E-state index is 12.0. The first-order valence-corrected chi connectivity index (χ1v) is 15.1. The van der Waals surface area contributed by atoms with Crippen LogP contribution >= 0.6 is 34.8 Å². The highest BCUT2D eigenvalue weighted by molar-refractivity contribution is 7.66. The van der Waals surface area contributed by atoms with E-state index in [2.05, 4.69) is 23.1 Å². The Labute approximate surface area is 205 Å². The summed E-state index contributed by atoms with van der Waals surface area (Å²) in [5.41, 5.74) is 7.69. The summed E-state index contributed by atoms with van der Waals surface area (Å²) in [6.07, 6.45) is -3.25. The minimum Gasteiger partial charge on any atom is -0.387 e. The first-order chi connectivity index (χ1) is 16.7. The highest BCUT2D eigenvalue weighted by Crippen LogP contribution is 2.66. The van der Waals surface area contributed by atoms with Gasteiger partial charge in [-0.3, -0.25) is 4.52 Å². The van der Waals surface area contributed by atoms with Gasteiger partial charge in [0, 0.05) is 11.8 Å². The lowest BCUT2D eigenvalue weighted by Crippen LogP contribution is -2.33. The zero-order valence-corrected chi connectivity index (χ0v) is 21.1. The summed E-state index contributed by atoms with van der Waals surface area (Å²) >= 11 is 1.43. The maximum absolute atomic E-state index is 12.0. The number of thiophene rings is 1. The summed E-state index contributed by atoms with van der Waals surface area (Å²) in [6, 6.07) is 1.82. The lowest BCUT2D eigenvalue weighted by atomic mass is 10.1. The van der Waals surface area contributed by atoms with Crippen LogP contribution in [0.5, 0.6) is 0 Å². The highest BCUT2D eigenvalue weighted by atomic mass is 32.1. The number of nitrogens with zero attached hydrogens (tertiary/aromatic N) is 3. The van der Waals surface area contributed by atoms with Crippen molar-refractivity contribution in [3.05, 3.63) is 29.4 Å². The van der Waals surface area contributed by atoms with Crippen molar-refractivity contribution in [1.29, 1.82) is 0 Å². The van der Waals surface area contributed by atoms with Crippen LogP contribution in [0.1, 0.15) is 6.23 Å². The predicted molar refractivity (Wildman–Crippen MR) is 121 cm³/mol. The number of nitrogens with two attached hydrogens (primary N) is 1. The Kier molecular flexibility index (Phi) is 7.58. The molecule has 3 aromatic rings. The smallest absolute Gasteiger partial charge is 0.387 e. The first kappa shape index (κ1) is 27.4. The molecule has 8 N–H and O–H groups in total. The molecule has 3 unspecified atom stereocenters. The largest absolute Gasteiger partial charge is 0.490 e. The van der Waals surface area contributed by atoms with Crippen molar-refractivity contribution in [2.24, 2.45) is 0 Å². The molecule has 0 amide bonds. The fraction of sp³-hybridized carbons (Fsp3) is 0.333. The Morgan fingerprint density at radius 2 is 1.81 bits per heavy atom. The van der Waals surface area contributed by atoms with E-state index in [1.807, 2.05) is 16.8 Å². The van der Waals surface area contributed by atoms with Crippen LogP contribution in [0.3, 0.4) is 0 Å². The molecule has 0 aromatic carbocycles. The van der Waals surface area contributed by atoms with Crippen LogP contribution in [0.25, 0.3) is 22.2 Å². The summed E-state index contributed by atoms with van der Waals surface area (Å²) in [4.78, 5) is 44.2. The molecule has 0 radical (unpaired) electrons. The Hall–Kier alpha value is -1.59. The molecule has 1 saturated heterocycles. The van der Waals surface area contributed by atoms with E-state index in [-0.39, 0.29) is 11.5 Å².